The third-order valence-electron chi connectivity index (χ3n) is 7.09. The molecule has 4 aromatic rings. The number of hydrogen-bond acceptors (Lipinski definition) is 11. The van der Waals surface area contributed by atoms with E-state index in [0.29, 0.717) is 53.5 Å². The summed E-state index contributed by atoms with van der Waals surface area (Å²) in [6, 6.07) is 4.73. The number of nitrogens with zero attached hydrogens (tertiary/aromatic N) is 8. The first kappa shape index (κ1) is 30.8. The molecule has 1 N–H and O–H groups in total. The minimum atomic E-state index is -3.84. The van der Waals surface area contributed by atoms with Crippen molar-refractivity contribution >= 4 is 38.6 Å². The molecule has 0 aliphatic carbocycles. The third-order valence-corrected chi connectivity index (χ3v) is 10.1. The SMILES string of the molecule is CCCc1nn(C)c2c(Sc3c([N+](=O)[O-])ncn3C)nc(-c3cc(S(=O)(=O)N4CC(C)NC(C)C4)ccc3OCC)nc12. The van der Waals surface area contributed by atoms with Gasteiger partial charge in [0, 0.05) is 39.3 Å². The number of fused-ring (bicyclic) bond motifs is 1. The Labute approximate surface area is 254 Å². The van der Waals surface area contributed by atoms with E-state index in [1.807, 2.05) is 27.7 Å². The molecule has 1 saturated heterocycles. The molecular weight excluding hydrogens is 594 g/mol. The van der Waals surface area contributed by atoms with Crippen LogP contribution in [0.15, 0.2) is 39.5 Å². The van der Waals surface area contributed by atoms with Gasteiger partial charge in [-0.15, -0.1) is 0 Å². The molecule has 14 nitrogen and oxygen atoms in total. The van der Waals surface area contributed by atoms with Crippen LogP contribution in [0, 0.1) is 10.1 Å². The molecule has 1 aliphatic rings. The molecule has 43 heavy (non-hydrogen) atoms. The second-order valence-corrected chi connectivity index (χ2v) is 13.5. The van der Waals surface area contributed by atoms with Crippen molar-refractivity contribution in [3.05, 3.63) is 40.3 Å². The van der Waals surface area contributed by atoms with Crippen LogP contribution in [0.25, 0.3) is 22.4 Å². The summed E-state index contributed by atoms with van der Waals surface area (Å²) in [6.07, 6.45) is 2.85. The predicted molar refractivity (Wildman–Crippen MR) is 162 cm³/mol. The van der Waals surface area contributed by atoms with Crippen LogP contribution in [0.3, 0.4) is 0 Å². The summed E-state index contributed by atoms with van der Waals surface area (Å²) >= 11 is 1.08. The zero-order chi connectivity index (χ0) is 31.1. The van der Waals surface area contributed by atoms with Gasteiger partial charge in [0.25, 0.3) is 0 Å². The minimum Gasteiger partial charge on any atom is -0.493 e. The van der Waals surface area contributed by atoms with Crippen LogP contribution < -0.4 is 10.1 Å². The van der Waals surface area contributed by atoms with Crippen molar-refractivity contribution in [3.8, 4) is 17.1 Å². The van der Waals surface area contributed by atoms with Gasteiger partial charge < -0.3 is 24.7 Å². The lowest BCUT2D eigenvalue weighted by Crippen LogP contribution is -2.55. The number of rotatable bonds is 10. The van der Waals surface area contributed by atoms with E-state index in [2.05, 4.69) is 15.4 Å². The first-order valence-corrected chi connectivity index (χ1v) is 16.3. The molecule has 1 aromatic carbocycles. The molecule has 0 radical (unpaired) electrons. The van der Waals surface area contributed by atoms with Crippen LogP contribution in [-0.4, -0.2) is 78.7 Å². The van der Waals surface area contributed by atoms with Crippen LogP contribution in [-0.2, 0) is 30.5 Å². The average Bonchev–Trinajstić information content (AvgIpc) is 3.47. The second-order valence-electron chi connectivity index (χ2n) is 10.6. The van der Waals surface area contributed by atoms with Crippen molar-refractivity contribution in [1.82, 2.24) is 38.9 Å². The predicted octanol–water partition coefficient (Wildman–Crippen LogP) is 3.55. The third kappa shape index (κ3) is 5.96. The van der Waals surface area contributed by atoms with Gasteiger partial charge >= 0.3 is 5.82 Å². The zero-order valence-corrected chi connectivity index (χ0v) is 26.6. The number of nitro groups is 1. The van der Waals surface area contributed by atoms with E-state index < -0.39 is 14.9 Å². The van der Waals surface area contributed by atoms with Gasteiger partial charge in [0.1, 0.15) is 21.8 Å². The molecule has 0 amide bonds. The maximum absolute atomic E-state index is 13.8. The van der Waals surface area contributed by atoms with Crippen molar-refractivity contribution in [2.45, 2.75) is 67.6 Å². The first-order valence-electron chi connectivity index (χ1n) is 14.0. The molecule has 0 saturated carbocycles. The highest BCUT2D eigenvalue weighted by Gasteiger charge is 2.33. The molecule has 3 aromatic heterocycles. The Bertz CT molecular complexity index is 1780. The number of aromatic nitrogens is 6. The fraction of sp³-hybridized carbons (Fsp3) is 0.481. The Kier molecular flexibility index (Phi) is 8.74. The maximum Gasteiger partial charge on any atom is 0.396 e. The zero-order valence-electron chi connectivity index (χ0n) is 24.9. The summed E-state index contributed by atoms with van der Waals surface area (Å²) in [4.78, 5) is 25.0. The fourth-order valence-electron chi connectivity index (χ4n) is 5.29. The molecule has 4 heterocycles. The number of piperazine rings is 1. The smallest absolute Gasteiger partial charge is 0.396 e. The van der Waals surface area contributed by atoms with Crippen LogP contribution in [0.1, 0.15) is 39.8 Å². The standard InChI is InChI=1S/C27H35N9O5S2/c1-7-9-20-22-23(34(6)32-20)26(42-27-25(36(37)38)28-15-33(27)5)31-24(30-22)19-12-18(10-11-21(19)41-8-2)43(39,40)35-13-16(3)29-17(4)14-35/h10-12,15-17,29H,7-9,13-14H2,1-6H3. The van der Waals surface area contributed by atoms with Gasteiger partial charge in [-0.3, -0.25) is 4.68 Å². The molecule has 1 aliphatic heterocycles. The Balaban J connectivity index is 1.71. The Morgan fingerprint density at radius 1 is 1.16 bits per heavy atom. The molecule has 230 valence electrons. The summed E-state index contributed by atoms with van der Waals surface area (Å²) < 4.78 is 38.3. The van der Waals surface area contributed by atoms with Crippen molar-refractivity contribution in [1.29, 1.82) is 0 Å². The van der Waals surface area contributed by atoms with Gasteiger partial charge in [0.15, 0.2) is 10.9 Å². The van der Waals surface area contributed by atoms with Gasteiger partial charge in [-0.05, 0) is 67.1 Å². The molecule has 1 fully saturated rings. The van der Waals surface area contributed by atoms with Crippen molar-refractivity contribution < 1.29 is 18.1 Å². The number of nitrogens with one attached hydrogen (secondary N) is 1. The number of aryl methyl sites for hydroxylation is 3. The molecular formula is C27H35N9O5S2. The lowest BCUT2D eigenvalue weighted by molar-refractivity contribution is -0.392. The van der Waals surface area contributed by atoms with Crippen LogP contribution >= 0.6 is 11.8 Å². The van der Waals surface area contributed by atoms with Gasteiger partial charge in [-0.2, -0.15) is 9.40 Å². The highest BCUT2D eigenvalue weighted by Crippen LogP contribution is 2.40. The number of ether oxygens (including phenoxy) is 1. The lowest BCUT2D eigenvalue weighted by Gasteiger charge is -2.35. The van der Waals surface area contributed by atoms with E-state index in [9.17, 15) is 18.5 Å². The Morgan fingerprint density at radius 2 is 1.88 bits per heavy atom. The number of sulfonamides is 1. The molecule has 5 rings (SSSR count). The van der Waals surface area contributed by atoms with E-state index in [4.69, 9.17) is 14.7 Å². The van der Waals surface area contributed by atoms with Crippen LogP contribution in [0.5, 0.6) is 5.75 Å². The average molecular weight is 630 g/mol. The minimum absolute atomic E-state index is 0.00430. The Hall–Kier alpha value is -3.60. The van der Waals surface area contributed by atoms with E-state index >= 15 is 0 Å². The topological polar surface area (TPSA) is 163 Å². The molecule has 0 spiro atoms. The summed E-state index contributed by atoms with van der Waals surface area (Å²) in [6.45, 7) is 8.82. The van der Waals surface area contributed by atoms with E-state index in [1.54, 1.807) is 41.5 Å². The highest BCUT2D eigenvalue weighted by molar-refractivity contribution is 7.99. The van der Waals surface area contributed by atoms with Gasteiger partial charge in [-0.1, -0.05) is 13.3 Å². The first-order chi connectivity index (χ1) is 20.4. The van der Waals surface area contributed by atoms with E-state index in [1.165, 1.54) is 10.6 Å². The van der Waals surface area contributed by atoms with Crippen molar-refractivity contribution in [2.24, 2.45) is 14.1 Å². The normalized spacial score (nSPS) is 17.9. The molecule has 0 bridgehead atoms. The second kappa shape index (κ2) is 12.2. The summed E-state index contributed by atoms with van der Waals surface area (Å²) in [5.41, 5.74) is 2.34. The molecule has 2 unspecified atom stereocenters. The van der Waals surface area contributed by atoms with Gasteiger partial charge in [0.2, 0.25) is 16.4 Å². The molecule has 16 heteroatoms. The van der Waals surface area contributed by atoms with Crippen molar-refractivity contribution in [2.75, 3.05) is 19.7 Å². The van der Waals surface area contributed by atoms with E-state index in [0.717, 1.165) is 23.9 Å². The van der Waals surface area contributed by atoms with E-state index in [-0.39, 0.29) is 33.6 Å². The van der Waals surface area contributed by atoms with Crippen LogP contribution in [0.2, 0.25) is 0 Å². The lowest BCUT2D eigenvalue weighted by atomic mass is 10.1. The quantitative estimate of drug-likeness (QED) is 0.155. The van der Waals surface area contributed by atoms with Crippen molar-refractivity contribution in [3.63, 3.8) is 0 Å². The highest BCUT2D eigenvalue weighted by atomic mass is 32.2. The molecule has 2 atom stereocenters. The fourth-order valence-corrected chi connectivity index (χ4v) is 7.99. The largest absolute Gasteiger partial charge is 0.493 e. The summed E-state index contributed by atoms with van der Waals surface area (Å²) in [5.74, 6) is 0.360. The number of hydrogen-bond donors (Lipinski definition) is 1. The summed E-state index contributed by atoms with van der Waals surface area (Å²) in [7, 11) is -0.391. The van der Waals surface area contributed by atoms with Crippen LogP contribution in [0.4, 0.5) is 5.82 Å². The van der Waals surface area contributed by atoms with Gasteiger partial charge in [-0.25, -0.2) is 18.4 Å². The van der Waals surface area contributed by atoms with Gasteiger partial charge in [0.05, 0.1) is 22.8 Å². The maximum atomic E-state index is 13.8. The number of imidazole rings is 1. The monoisotopic (exact) mass is 629 g/mol. The number of benzene rings is 1. The Morgan fingerprint density at radius 3 is 2.53 bits per heavy atom. The summed E-state index contributed by atoms with van der Waals surface area (Å²) in [5, 5.41) is 20.5.